The van der Waals surface area contributed by atoms with Gasteiger partial charge in [-0.3, -0.25) is 14.1 Å². The molecule has 0 spiro atoms. The number of hydrogen-bond acceptors (Lipinski definition) is 4. The molecule has 2 N–H and O–H groups in total. The second-order valence-electron chi connectivity index (χ2n) is 5.69. The predicted octanol–water partition coefficient (Wildman–Crippen LogP) is 0.927. The van der Waals surface area contributed by atoms with Crippen LogP contribution in [0.3, 0.4) is 0 Å². The van der Waals surface area contributed by atoms with Gasteiger partial charge in [0.1, 0.15) is 0 Å². The van der Waals surface area contributed by atoms with Gasteiger partial charge in [-0.2, -0.15) is 5.10 Å². The number of pyridine rings is 1. The summed E-state index contributed by atoms with van der Waals surface area (Å²) in [5, 5.41) is 19.2. The molecule has 0 saturated carbocycles. The lowest BCUT2D eigenvalue weighted by molar-refractivity contribution is 0.443. The molecule has 24 heavy (non-hydrogen) atoms. The topological polar surface area (TPSA) is 84.4 Å². The summed E-state index contributed by atoms with van der Waals surface area (Å²) in [6.07, 6.45) is 5.72. The van der Waals surface area contributed by atoms with Gasteiger partial charge < -0.3 is 10.6 Å². The fourth-order valence-electron chi connectivity index (χ4n) is 2.46. The molecule has 3 aromatic rings. The van der Waals surface area contributed by atoms with E-state index < -0.39 is 0 Å². The van der Waals surface area contributed by atoms with Gasteiger partial charge in [-0.15, -0.1) is 10.2 Å². The Bertz CT molecular complexity index is 789. The minimum atomic E-state index is 0.428. The van der Waals surface area contributed by atoms with Crippen molar-refractivity contribution in [3.8, 4) is 0 Å². The quantitative estimate of drug-likeness (QED) is 0.520. The molecule has 0 saturated heterocycles. The maximum Gasteiger partial charge on any atom is 0.191 e. The molecule has 3 heterocycles. The number of nitrogens with one attached hydrogen (secondary N) is 2. The molecule has 1 unspecified atom stereocenters. The molecule has 3 rings (SSSR count). The normalized spacial score (nSPS) is 13.2. The van der Waals surface area contributed by atoms with Gasteiger partial charge in [0.15, 0.2) is 17.4 Å². The van der Waals surface area contributed by atoms with Crippen molar-refractivity contribution in [2.75, 3.05) is 13.6 Å². The molecular formula is C16H22N8. The van der Waals surface area contributed by atoms with E-state index in [2.05, 4.69) is 37.8 Å². The fourth-order valence-corrected chi connectivity index (χ4v) is 2.46. The van der Waals surface area contributed by atoms with E-state index in [1.165, 1.54) is 0 Å². The number of nitrogens with zero attached hydrogens (tertiary/aromatic N) is 6. The second kappa shape index (κ2) is 7.58. The smallest absolute Gasteiger partial charge is 0.191 e. The first-order valence-corrected chi connectivity index (χ1v) is 7.97. The van der Waals surface area contributed by atoms with Crippen LogP contribution in [0.15, 0.2) is 47.8 Å². The summed E-state index contributed by atoms with van der Waals surface area (Å²) in [7, 11) is 1.76. The minimum absolute atomic E-state index is 0.428. The molecule has 0 aliphatic heterocycles. The van der Waals surface area contributed by atoms with Crippen molar-refractivity contribution in [1.29, 1.82) is 0 Å². The van der Waals surface area contributed by atoms with Gasteiger partial charge in [-0.1, -0.05) is 13.0 Å². The van der Waals surface area contributed by atoms with Crippen LogP contribution in [0.25, 0.3) is 5.65 Å². The third kappa shape index (κ3) is 3.89. The van der Waals surface area contributed by atoms with E-state index in [9.17, 15) is 0 Å². The average molecular weight is 326 g/mol. The molecule has 0 radical (unpaired) electrons. The number of aliphatic imine (C=N–C) groups is 1. The first kappa shape index (κ1) is 16.0. The van der Waals surface area contributed by atoms with Crippen LogP contribution in [-0.4, -0.2) is 43.9 Å². The van der Waals surface area contributed by atoms with Gasteiger partial charge in [-0.05, 0) is 24.1 Å². The Labute approximate surface area is 140 Å². The first-order chi connectivity index (χ1) is 11.8. The van der Waals surface area contributed by atoms with Crippen molar-refractivity contribution in [2.45, 2.75) is 20.0 Å². The summed E-state index contributed by atoms with van der Waals surface area (Å²) >= 11 is 0. The third-order valence-electron chi connectivity index (χ3n) is 3.70. The van der Waals surface area contributed by atoms with Crippen molar-refractivity contribution >= 4 is 11.6 Å². The number of hydrogen-bond donors (Lipinski definition) is 2. The van der Waals surface area contributed by atoms with E-state index in [4.69, 9.17) is 0 Å². The number of guanidine groups is 1. The summed E-state index contributed by atoms with van der Waals surface area (Å²) in [6, 6.07) is 7.77. The first-order valence-electron chi connectivity index (χ1n) is 7.97. The molecule has 0 aliphatic rings. The molecule has 0 aromatic carbocycles. The highest BCUT2D eigenvalue weighted by Gasteiger charge is 2.07. The van der Waals surface area contributed by atoms with Gasteiger partial charge in [-0.25, -0.2) is 0 Å². The highest BCUT2D eigenvalue weighted by molar-refractivity contribution is 5.79. The van der Waals surface area contributed by atoms with Crippen molar-refractivity contribution in [3.63, 3.8) is 0 Å². The third-order valence-corrected chi connectivity index (χ3v) is 3.70. The summed E-state index contributed by atoms with van der Waals surface area (Å²) in [5.74, 6) is 2.02. The van der Waals surface area contributed by atoms with Crippen LogP contribution in [-0.2, 0) is 13.1 Å². The Morgan fingerprint density at radius 3 is 2.92 bits per heavy atom. The lowest BCUT2D eigenvalue weighted by atomic mass is 10.2. The van der Waals surface area contributed by atoms with Crippen molar-refractivity contribution in [2.24, 2.45) is 10.9 Å². The van der Waals surface area contributed by atoms with E-state index in [-0.39, 0.29) is 0 Å². The van der Waals surface area contributed by atoms with E-state index in [0.29, 0.717) is 12.5 Å². The zero-order valence-electron chi connectivity index (χ0n) is 13.9. The van der Waals surface area contributed by atoms with Crippen molar-refractivity contribution < 1.29 is 0 Å². The standard InChI is InChI=1S/C16H22N8/c1-13(12-23-8-5-7-20-23)10-18-16(17-2)19-11-15-22-21-14-6-3-4-9-24(14)15/h3-9,13H,10-12H2,1-2H3,(H2,17,18,19). The Morgan fingerprint density at radius 2 is 2.12 bits per heavy atom. The molecule has 0 aliphatic carbocycles. The van der Waals surface area contributed by atoms with E-state index in [1.54, 1.807) is 13.2 Å². The highest BCUT2D eigenvalue weighted by Crippen LogP contribution is 2.02. The number of rotatable bonds is 6. The summed E-state index contributed by atoms with van der Waals surface area (Å²) in [6.45, 7) is 4.40. The zero-order valence-corrected chi connectivity index (χ0v) is 13.9. The molecule has 8 nitrogen and oxygen atoms in total. The summed E-state index contributed by atoms with van der Waals surface area (Å²) in [4.78, 5) is 4.25. The van der Waals surface area contributed by atoms with Gasteiger partial charge >= 0.3 is 0 Å². The van der Waals surface area contributed by atoms with Crippen LogP contribution >= 0.6 is 0 Å². The minimum Gasteiger partial charge on any atom is -0.356 e. The molecule has 1 atom stereocenters. The van der Waals surface area contributed by atoms with E-state index in [0.717, 1.165) is 30.5 Å². The Kier molecular flexibility index (Phi) is 5.05. The fraction of sp³-hybridized carbons (Fsp3) is 0.375. The lowest BCUT2D eigenvalue weighted by Gasteiger charge is -2.15. The van der Waals surface area contributed by atoms with Crippen molar-refractivity contribution in [1.82, 2.24) is 35.0 Å². The number of fused-ring (bicyclic) bond motifs is 1. The van der Waals surface area contributed by atoms with Crippen molar-refractivity contribution in [3.05, 3.63) is 48.7 Å². The molecule has 126 valence electrons. The van der Waals surface area contributed by atoms with Gasteiger partial charge in [0.2, 0.25) is 0 Å². The van der Waals surface area contributed by atoms with Crippen LogP contribution in [0.5, 0.6) is 0 Å². The Balaban J connectivity index is 1.50. The molecular weight excluding hydrogens is 304 g/mol. The van der Waals surface area contributed by atoms with Crippen LogP contribution in [0.4, 0.5) is 0 Å². The van der Waals surface area contributed by atoms with Gasteiger partial charge in [0.25, 0.3) is 0 Å². The van der Waals surface area contributed by atoms with Crippen LogP contribution in [0, 0.1) is 5.92 Å². The SMILES string of the molecule is CN=C(NCc1nnc2ccccn12)NCC(C)Cn1cccn1. The lowest BCUT2D eigenvalue weighted by Crippen LogP contribution is -2.40. The highest BCUT2D eigenvalue weighted by atomic mass is 15.3. The second-order valence-corrected chi connectivity index (χ2v) is 5.69. The largest absolute Gasteiger partial charge is 0.356 e. The summed E-state index contributed by atoms with van der Waals surface area (Å²) in [5.41, 5.74) is 0.838. The average Bonchev–Trinajstić information content (AvgIpc) is 3.25. The maximum atomic E-state index is 4.25. The Hall–Kier alpha value is -2.90. The molecule has 0 amide bonds. The zero-order chi connectivity index (χ0) is 16.8. The monoisotopic (exact) mass is 326 g/mol. The van der Waals surface area contributed by atoms with Crippen LogP contribution < -0.4 is 10.6 Å². The molecule has 0 bridgehead atoms. The van der Waals surface area contributed by atoms with Crippen LogP contribution in [0.2, 0.25) is 0 Å². The van der Waals surface area contributed by atoms with E-state index in [1.807, 2.05) is 45.7 Å². The van der Waals surface area contributed by atoms with Crippen LogP contribution in [0.1, 0.15) is 12.7 Å². The van der Waals surface area contributed by atoms with E-state index >= 15 is 0 Å². The molecule has 0 fully saturated rings. The van der Waals surface area contributed by atoms with Gasteiger partial charge in [0, 0.05) is 38.7 Å². The molecule has 3 aromatic heterocycles. The predicted molar refractivity (Wildman–Crippen MR) is 92.6 cm³/mol. The maximum absolute atomic E-state index is 4.25. The van der Waals surface area contributed by atoms with Gasteiger partial charge in [0.05, 0.1) is 6.54 Å². The summed E-state index contributed by atoms with van der Waals surface area (Å²) < 4.78 is 3.89. The molecule has 8 heteroatoms. The Morgan fingerprint density at radius 1 is 1.21 bits per heavy atom. The number of aromatic nitrogens is 5.